The Morgan fingerprint density at radius 2 is 1.67 bits per heavy atom. The maximum Gasteiger partial charge on any atom is 0.303 e. The van der Waals surface area contributed by atoms with E-state index in [9.17, 15) is 9.59 Å². The number of hydrogen-bond acceptors (Lipinski definition) is 2. The monoisotopic (exact) mass is 297 g/mol. The van der Waals surface area contributed by atoms with Crippen LogP contribution in [0.5, 0.6) is 0 Å². The first-order valence-corrected chi connectivity index (χ1v) is 8.48. The van der Waals surface area contributed by atoms with Crippen LogP contribution in [0, 0.1) is 17.8 Å². The molecule has 2 N–H and O–H groups in total. The zero-order chi connectivity index (χ0) is 15.7. The summed E-state index contributed by atoms with van der Waals surface area (Å²) < 4.78 is 0. The van der Waals surface area contributed by atoms with Gasteiger partial charge in [-0.2, -0.15) is 0 Å². The Bertz CT molecular complexity index is 320. The zero-order valence-corrected chi connectivity index (χ0v) is 13.6. The number of rotatable bonds is 7. The lowest BCUT2D eigenvalue weighted by Gasteiger charge is -2.22. The first kappa shape index (κ1) is 18.0. The average Bonchev–Trinajstić information content (AvgIpc) is 2.33. The van der Waals surface area contributed by atoms with Crippen molar-refractivity contribution in [1.82, 2.24) is 5.32 Å². The lowest BCUT2D eigenvalue weighted by atomic mass is 9.90. The highest BCUT2D eigenvalue weighted by molar-refractivity contribution is 5.78. The predicted octanol–water partition coefficient (Wildman–Crippen LogP) is 3.60. The maximum atomic E-state index is 12.3. The van der Waals surface area contributed by atoms with E-state index in [0.717, 1.165) is 32.1 Å². The molecule has 1 fully saturated rings. The van der Waals surface area contributed by atoms with E-state index in [-0.39, 0.29) is 24.2 Å². The van der Waals surface area contributed by atoms with Crippen LogP contribution < -0.4 is 5.32 Å². The molecule has 0 saturated heterocycles. The van der Waals surface area contributed by atoms with Gasteiger partial charge in [0.2, 0.25) is 5.91 Å². The second kappa shape index (κ2) is 9.80. The van der Waals surface area contributed by atoms with Crippen LogP contribution in [-0.4, -0.2) is 23.5 Å². The molecule has 0 heterocycles. The highest BCUT2D eigenvalue weighted by Gasteiger charge is 2.21. The molecular weight excluding hydrogens is 266 g/mol. The molecule has 4 heteroatoms. The summed E-state index contributed by atoms with van der Waals surface area (Å²) in [6.45, 7) is 4.68. The van der Waals surface area contributed by atoms with E-state index in [1.165, 1.54) is 19.3 Å². The number of carboxylic acid groups (broad SMARTS) is 1. The minimum atomic E-state index is -0.777. The van der Waals surface area contributed by atoms with Crippen LogP contribution in [0.25, 0.3) is 0 Å². The summed E-state index contributed by atoms with van der Waals surface area (Å²) in [5.74, 6) is -0.0145. The second-order valence-corrected chi connectivity index (χ2v) is 6.88. The molecule has 1 aliphatic carbocycles. The molecule has 1 aliphatic rings. The van der Waals surface area contributed by atoms with Crippen molar-refractivity contribution in [3.05, 3.63) is 0 Å². The van der Waals surface area contributed by atoms with Crippen molar-refractivity contribution in [3.63, 3.8) is 0 Å². The Hall–Kier alpha value is -1.06. The number of carboxylic acids is 1. The molecule has 0 aromatic heterocycles. The quantitative estimate of drug-likeness (QED) is 0.754. The molecule has 1 amide bonds. The van der Waals surface area contributed by atoms with Crippen LogP contribution in [0.1, 0.15) is 71.6 Å². The van der Waals surface area contributed by atoms with Crippen molar-refractivity contribution in [2.45, 2.75) is 71.6 Å². The van der Waals surface area contributed by atoms with Crippen LogP contribution in [0.15, 0.2) is 0 Å². The van der Waals surface area contributed by atoms with Gasteiger partial charge in [-0.1, -0.05) is 46.0 Å². The van der Waals surface area contributed by atoms with E-state index in [1.54, 1.807) is 0 Å². The zero-order valence-electron chi connectivity index (χ0n) is 13.6. The molecule has 0 radical (unpaired) electrons. The van der Waals surface area contributed by atoms with Crippen molar-refractivity contribution in [3.8, 4) is 0 Å². The first-order chi connectivity index (χ1) is 9.99. The van der Waals surface area contributed by atoms with Gasteiger partial charge in [0.05, 0.1) is 0 Å². The minimum Gasteiger partial charge on any atom is -0.481 e. The minimum absolute atomic E-state index is 0.0417. The Kier molecular flexibility index (Phi) is 8.40. The smallest absolute Gasteiger partial charge is 0.303 e. The second-order valence-electron chi connectivity index (χ2n) is 6.88. The van der Waals surface area contributed by atoms with Gasteiger partial charge in [0, 0.05) is 18.9 Å². The van der Waals surface area contributed by atoms with E-state index in [1.807, 2.05) is 0 Å². The Morgan fingerprint density at radius 1 is 1.10 bits per heavy atom. The van der Waals surface area contributed by atoms with Gasteiger partial charge < -0.3 is 10.4 Å². The number of nitrogens with one attached hydrogen (secondary N) is 1. The Morgan fingerprint density at radius 3 is 2.19 bits per heavy atom. The van der Waals surface area contributed by atoms with Gasteiger partial charge in [-0.3, -0.25) is 9.59 Å². The lowest BCUT2D eigenvalue weighted by molar-refractivity contribution is -0.138. The SMILES string of the molecule is CC(C)CC(CNC(=O)C1CCCCCCC1)CC(=O)O. The molecule has 1 saturated carbocycles. The third-order valence-corrected chi connectivity index (χ3v) is 4.31. The fraction of sp³-hybridized carbons (Fsp3) is 0.882. The largest absolute Gasteiger partial charge is 0.481 e. The number of hydrogen-bond donors (Lipinski definition) is 2. The molecule has 1 unspecified atom stereocenters. The fourth-order valence-electron chi connectivity index (χ4n) is 3.26. The van der Waals surface area contributed by atoms with Crippen molar-refractivity contribution < 1.29 is 14.7 Å². The van der Waals surface area contributed by atoms with Gasteiger partial charge in [-0.15, -0.1) is 0 Å². The van der Waals surface area contributed by atoms with Crippen molar-refractivity contribution in [1.29, 1.82) is 0 Å². The first-order valence-electron chi connectivity index (χ1n) is 8.48. The number of amides is 1. The molecule has 4 nitrogen and oxygen atoms in total. The fourth-order valence-corrected chi connectivity index (χ4v) is 3.26. The normalized spacial score (nSPS) is 18.8. The summed E-state index contributed by atoms with van der Waals surface area (Å²) in [6.07, 6.45) is 9.01. The molecule has 0 aromatic rings. The molecule has 1 rings (SSSR count). The summed E-state index contributed by atoms with van der Waals surface area (Å²) >= 11 is 0. The summed E-state index contributed by atoms with van der Waals surface area (Å²) in [6, 6.07) is 0. The summed E-state index contributed by atoms with van der Waals surface area (Å²) in [7, 11) is 0. The molecular formula is C17H31NO3. The molecule has 0 bridgehead atoms. The Labute approximate surface area is 128 Å². The van der Waals surface area contributed by atoms with E-state index >= 15 is 0 Å². The van der Waals surface area contributed by atoms with Crippen LogP contribution >= 0.6 is 0 Å². The van der Waals surface area contributed by atoms with E-state index in [2.05, 4.69) is 19.2 Å². The van der Waals surface area contributed by atoms with Crippen molar-refractivity contribution in [2.24, 2.45) is 17.8 Å². The maximum absolute atomic E-state index is 12.3. The molecule has 0 aromatic carbocycles. The van der Waals surface area contributed by atoms with Crippen LogP contribution in [0.3, 0.4) is 0 Å². The average molecular weight is 297 g/mol. The predicted molar refractivity (Wildman–Crippen MR) is 84.0 cm³/mol. The van der Waals surface area contributed by atoms with E-state index in [4.69, 9.17) is 5.11 Å². The van der Waals surface area contributed by atoms with E-state index in [0.29, 0.717) is 12.5 Å². The van der Waals surface area contributed by atoms with Crippen LogP contribution in [-0.2, 0) is 9.59 Å². The van der Waals surface area contributed by atoms with Gasteiger partial charge in [-0.25, -0.2) is 0 Å². The van der Waals surface area contributed by atoms with Gasteiger partial charge >= 0.3 is 5.97 Å². The van der Waals surface area contributed by atoms with Crippen molar-refractivity contribution >= 4 is 11.9 Å². The molecule has 122 valence electrons. The summed E-state index contributed by atoms with van der Waals surface area (Å²) in [5.41, 5.74) is 0. The third-order valence-electron chi connectivity index (χ3n) is 4.31. The molecule has 0 aliphatic heterocycles. The third kappa shape index (κ3) is 8.08. The number of aliphatic carboxylic acids is 1. The molecule has 1 atom stereocenters. The number of carbonyl (C=O) groups excluding carboxylic acids is 1. The summed E-state index contributed by atoms with van der Waals surface area (Å²) in [5, 5.41) is 12.0. The molecule has 0 spiro atoms. The number of carbonyl (C=O) groups is 2. The van der Waals surface area contributed by atoms with Gasteiger partial charge in [0.15, 0.2) is 0 Å². The van der Waals surface area contributed by atoms with E-state index < -0.39 is 5.97 Å². The van der Waals surface area contributed by atoms with Gasteiger partial charge in [-0.05, 0) is 31.1 Å². The van der Waals surface area contributed by atoms with Crippen LogP contribution in [0.4, 0.5) is 0 Å². The van der Waals surface area contributed by atoms with Gasteiger partial charge in [0.1, 0.15) is 0 Å². The Balaban J connectivity index is 2.41. The van der Waals surface area contributed by atoms with Gasteiger partial charge in [0.25, 0.3) is 0 Å². The highest BCUT2D eigenvalue weighted by atomic mass is 16.4. The van der Waals surface area contributed by atoms with Crippen LogP contribution in [0.2, 0.25) is 0 Å². The lowest BCUT2D eigenvalue weighted by Crippen LogP contribution is -2.35. The molecule has 21 heavy (non-hydrogen) atoms. The highest BCUT2D eigenvalue weighted by Crippen LogP contribution is 2.22. The summed E-state index contributed by atoms with van der Waals surface area (Å²) in [4.78, 5) is 23.2. The van der Waals surface area contributed by atoms with Crippen molar-refractivity contribution in [2.75, 3.05) is 6.54 Å². The standard InChI is InChI=1S/C17H31NO3/c1-13(2)10-14(11-16(19)20)12-18-17(21)15-8-6-4-3-5-7-9-15/h13-15H,3-12H2,1-2H3,(H,18,21)(H,19,20). The topological polar surface area (TPSA) is 66.4 Å².